The Bertz CT molecular complexity index is 1120. The number of hydrogen-bond acceptors (Lipinski definition) is 4. The summed E-state index contributed by atoms with van der Waals surface area (Å²) in [7, 11) is -2.51. The summed E-state index contributed by atoms with van der Waals surface area (Å²) in [5, 5.41) is 3.51. The maximum atomic E-state index is 13.4. The van der Waals surface area contributed by atoms with Gasteiger partial charge in [-0.3, -0.25) is 9.59 Å². The lowest BCUT2D eigenvalue weighted by atomic mass is 10.1. The van der Waals surface area contributed by atoms with Crippen molar-refractivity contribution in [2.75, 3.05) is 13.6 Å². The Morgan fingerprint density at radius 2 is 1.71 bits per heavy atom. The van der Waals surface area contributed by atoms with Gasteiger partial charge in [-0.25, -0.2) is 8.42 Å². The van der Waals surface area contributed by atoms with Crippen LogP contribution in [0.3, 0.4) is 0 Å². The minimum absolute atomic E-state index is 0.0934. The molecule has 0 heterocycles. The summed E-state index contributed by atoms with van der Waals surface area (Å²) in [4.78, 5) is 27.9. The Morgan fingerprint density at radius 3 is 2.32 bits per heavy atom. The lowest BCUT2D eigenvalue weighted by Crippen LogP contribution is -2.52. The fourth-order valence-corrected chi connectivity index (χ4v) is 5.36. The van der Waals surface area contributed by atoms with Crippen LogP contribution in [0.1, 0.15) is 43.7 Å². The molecule has 2 aromatic rings. The zero-order chi connectivity index (χ0) is 24.9. The van der Waals surface area contributed by atoms with Crippen molar-refractivity contribution in [2.45, 2.75) is 63.1 Å². The number of amides is 2. The van der Waals surface area contributed by atoms with Crippen molar-refractivity contribution in [3.63, 3.8) is 0 Å². The molecule has 0 radical (unpaired) electrons. The van der Waals surface area contributed by atoms with E-state index in [0.29, 0.717) is 10.6 Å². The van der Waals surface area contributed by atoms with Crippen molar-refractivity contribution < 1.29 is 18.0 Å². The molecular formula is C25H32ClN3O4S. The number of aryl methyl sites for hydroxylation is 1. The van der Waals surface area contributed by atoms with Gasteiger partial charge in [-0.2, -0.15) is 4.31 Å². The highest BCUT2D eigenvalue weighted by atomic mass is 35.5. The predicted molar refractivity (Wildman–Crippen MR) is 133 cm³/mol. The number of nitrogens with one attached hydrogen (secondary N) is 1. The Hall–Kier alpha value is -2.42. The molecule has 0 aromatic heterocycles. The van der Waals surface area contributed by atoms with Gasteiger partial charge in [0.05, 0.1) is 11.4 Å². The number of likely N-dealkylation sites (N-methyl/N-ethyl adjacent to an activating group) is 1. The van der Waals surface area contributed by atoms with Crippen LogP contribution in [0, 0.1) is 6.92 Å². The third-order valence-electron chi connectivity index (χ3n) is 6.25. The van der Waals surface area contributed by atoms with Crippen LogP contribution >= 0.6 is 11.6 Å². The van der Waals surface area contributed by atoms with Gasteiger partial charge in [-0.05, 0) is 50.5 Å². The Kier molecular flexibility index (Phi) is 8.73. The second-order valence-corrected chi connectivity index (χ2v) is 11.3. The normalized spacial score (nSPS) is 15.3. The van der Waals surface area contributed by atoms with Gasteiger partial charge in [0.2, 0.25) is 21.8 Å². The van der Waals surface area contributed by atoms with Crippen LogP contribution in [0.5, 0.6) is 0 Å². The van der Waals surface area contributed by atoms with E-state index < -0.39 is 28.5 Å². The number of halogens is 1. The molecule has 7 nitrogen and oxygen atoms in total. The van der Waals surface area contributed by atoms with Crippen molar-refractivity contribution >= 4 is 33.4 Å². The quantitative estimate of drug-likeness (QED) is 0.562. The van der Waals surface area contributed by atoms with Crippen LogP contribution in [0.2, 0.25) is 5.02 Å². The van der Waals surface area contributed by atoms with E-state index >= 15 is 0 Å². The van der Waals surface area contributed by atoms with Gasteiger partial charge >= 0.3 is 0 Å². The molecule has 0 spiro atoms. The number of sulfonamides is 1. The van der Waals surface area contributed by atoms with E-state index in [2.05, 4.69) is 5.32 Å². The first-order chi connectivity index (χ1) is 16.1. The van der Waals surface area contributed by atoms with Gasteiger partial charge in [0.25, 0.3) is 0 Å². The summed E-state index contributed by atoms with van der Waals surface area (Å²) in [5.41, 5.74) is 1.62. The Labute approximate surface area is 207 Å². The Balaban J connectivity index is 1.80. The van der Waals surface area contributed by atoms with Crippen LogP contribution in [-0.4, -0.2) is 55.1 Å². The Morgan fingerprint density at radius 1 is 1.09 bits per heavy atom. The summed E-state index contributed by atoms with van der Waals surface area (Å²) < 4.78 is 27.0. The molecule has 1 fully saturated rings. The summed E-state index contributed by atoms with van der Waals surface area (Å²) in [6.45, 7) is 3.22. The summed E-state index contributed by atoms with van der Waals surface area (Å²) in [6.07, 6.45) is 4.00. The number of carbonyl (C=O) groups excluding carboxylic acids is 2. The fraction of sp³-hybridized carbons (Fsp3) is 0.440. The number of hydrogen-bond donors (Lipinski definition) is 1. The van der Waals surface area contributed by atoms with E-state index in [-0.39, 0.29) is 23.4 Å². The standard InChI is InChI=1S/C25H32ClN3O4S/c1-18-12-14-22(15-13-18)34(32,33)28(3)17-24(30)29(16-20-8-4-7-11-23(20)26)19(2)25(31)27-21-9-5-6-10-21/h4,7-8,11-15,19,21H,5-6,9-10,16-17H2,1-3H3,(H,27,31)/t19-/m1/s1. The van der Waals surface area contributed by atoms with Crippen molar-refractivity contribution in [1.29, 1.82) is 0 Å². The minimum atomic E-state index is -3.87. The molecule has 0 saturated heterocycles. The molecule has 2 amide bonds. The maximum absolute atomic E-state index is 13.4. The van der Waals surface area contributed by atoms with E-state index in [1.165, 1.54) is 24.1 Å². The monoisotopic (exact) mass is 505 g/mol. The highest BCUT2D eigenvalue weighted by molar-refractivity contribution is 7.89. The number of nitrogens with zero attached hydrogens (tertiary/aromatic N) is 2. The highest BCUT2D eigenvalue weighted by Crippen LogP contribution is 2.21. The van der Waals surface area contributed by atoms with Gasteiger partial charge in [0.1, 0.15) is 6.04 Å². The van der Waals surface area contributed by atoms with Crippen LogP contribution < -0.4 is 5.32 Å². The third-order valence-corrected chi connectivity index (χ3v) is 8.44. The molecule has 1 aliphatic rings. The van der Waals surface area contributed by atoms with E-state index in [9.17, 15) is 18.0 Å². The average molecular weight is 506 g/mol. The molecule has 0 unspecified atom stereocenters. The first-order valence-electron chi connectivity index (χ1n) is 11.5. The summed E-state index contributed by atoms with van der Waals surface area (Å²) >= 11 is 6.32. The second kappa shape index (κ2) is 11.3. The molecule has 184 valence electrons. The van der Waals surface area contributed by atoms with Crippen molar-refractivity contribution in [3.05, 3.63) is 64.7 Å². The SMILES string of the molecule is Cc1ccc(S(=O)(=O)N(C)CC(=O)N(Cc2ccccc2Cl)[C@H](C)C(=O)NC2CCCC2)cc1. The molecule has 1 saturated carbocycles. The van der Waals surface area contributed by atoms with Crippen molar-refractivity contribution in [2.24, 2.45) is 0 Å². The molecule has 3 rings (SSSR count). The molecule has 2 aromatic carbocycles. The summed E-state index contributed by atoms with van der Waals surface area (Å²) in [6, 6.07) is 12.9. The largest absolute Gasteiger partial charge is 0.352 e. The maximum Gasteiger partial charge on any atom is 0.243 e. The van der Waals surface area contributed by atoms with Gasteiger partial charge < -0.3 is 10.2 Å². The lowest BCUT2D eigenvalue weighted by Gasteiger charge is -2.31. The topological polar surface area (TPSA) is 86.8 Å². The molecule has 34 heavy (non-hydrogen) atoms. The fourth-order valence-electron chi connectivity index (χ4n) is 4.04. The van der Waals surface area contributed by atoms with Gasteiger partial charge in [-0.15, -0.1) is 0 Å². The van der Waals surface area contributed by atoms with Crippen molar-refractivity contribution in [1.82, 2.24) is 14.5 Å². The minimum Gasteiger partial charge on any atom is -0.352 e. The second-order valence-electron chi connectivity index (χ2n) is 8.85. The number of benzene rings is 2. The first kappa shape index (κ1) is 26.2. The van der Waals surface area contributed by atoms with Gasteiger partial charge in [0, 0.05) is 24.7 Å². The summed E-state index contributed by atoms with van der Waals surface area (Å²) in [5.74, 6) is -0.733. The molecule has 0 aliphatic heterocycles. The zero-order valence-corrected chi connectivity index (χ0v) is 21.4. The van der Waals surface area contributed by atoms with Crippen molar-refractivity contribution in [3.8, 4) is 0 Å². The number of rotatable bonds is 9. The number of carbonyl (C=O) groups is 2. The molecule has 1 atom stereocenters. The van der Waals surface area contributed by atoms with Crippen LogP contribution in [-0.2, 0) is 26.2 Å². The van der Waals surface area contributed by atoms with Gasteiger partial charge in [0.15, 0.2) is 0 Å². The molecule has 0 bridgehead atoms. The van der Waals surface area contributed by atoms with Gasteiger partial charge in [-0.1, -0.05) is 60.3 Å². The van der Waals surface area contributed by atoms with Crippen LogP contribution in [0.25, 0.3) is 0 Å². The lowest BCUT2D eigenvalue weighted by molar-refractivity contribution is -0.140. The van der Waals surface area contributed by atoms with E-state index in [4.69, 9.17) is 11.6 Å². The van der Waals surface area contributed by atoms with E-state index in [1.54, 1.807) is 43.3 Å². The zero-order valence-electron chi connectivity index (χ0n) is 19.8. The van der Waals surface area contributed by atoms with Crippen LogP contribution in [0.15, 0.2) is 53.4 Å². The molecule has 1 aliphatic carbocycles. The first-order valence-corrected chi connectivity index (χ1v) is 13.3. The van der Waals surface area contributed by atoms with Crippen LogP contribution in [0.4, 0.5) is 0 Å². The highest BCUT2D eigenvalue weighted by Gasteiger charge is 2.31. The third kappa shape index (κ3) is 6.37. The smallest absolute Gasteiger partial charge is 0.243 e. The molecule has 9 heteroatoms. The average Bonchev–Trinajstić information content (AvgIpc) is 3.31. The van der Waals surface area contributed by atoms with E-state index in [0.717, 1.165) is 35.6 Å². The molecule has 1 N–H and O–H groups in total. The van der Waals surface area contributed by atoms with E-state index in [1.807, 2.05) is 6.92 Å². The predicted octanol–water partition coefficient (Wildman–Crippen LogP) is 3.75. The molecular weight excluding hydrogens is 474 g/mol.